The molecule has 1 fully saturated rings. The maximum Gasteiger partial charge on any atom is 0.416 e. The number of aromatic nitrogens is 2. The van der Waals surface area contributed by atoms with Gasteiger partial charge in [-0.05, 0) is 63.8 Å². The van der Waals surface area contributed by atoms with E-state index in [1.54, 1.807) is 0 Å². The van der Waals surface area contributed by atoms with Crippen molar-refractivity contribution in [3.05, 3.63) is 41.2 Å². The lowest BCUT2D eigenvalue weighted by molar-refractivity contribution is -0.137. The number of hydrogen-bond acceptors (Lipinski definition) is 5. The molecule has 1 aliphatic heterocycles. The normalized spacial score (nSPS) is 14.4. The number of benzene rings is 1. The van der Waals surface area contributed by atoms with Crippen LogP contribution < -0.4 is 15.5 Å². The Kier molecular flexibility index (Phi) is 7.35. The van der Waals surface area contributed by atoms with Crippen LogP contribution in [-0.4, -0.2) is 35.5 Å². The molecule has 2 aromatic rings. The number of piperidine rings is 1. The van der Waals surface area contributed by atoms with Crippen LogP contribution in [0, 0.1) is 13.8 Å². The zero-order valence-electron chi connectivity index (χ0n) is 17.9. The van der Waals surface area contributed by atoms with Gasteiger partial charge in [-0.2, -0.15) is 13.2 Å². The van der Waals surface area contributed by atoms with Gasteiger partial charge < -0.3 is 15.5 Å². The minimum absolute atomic E-state index is 0.174. The van der Waals surface area contributed by atoms with Gasteiger partial charge in [-0.25, -0.2) is 9.97 Å². The Labute approximate surface area is 180 Å². The molecule has 168 valence electrons. The molecule has 1 amide bonds. The lowest BCUT2D eigenvalue weighted by Gasteiger charge is -2.31. The minimum atomic E-state index is -4.46. The third-order valence-electron chi connectivity index (χ3n) is 5.14. The Hall–Kier alpha value is -2.84. The molecule has 0 aliphatic carbocycles. The van der Waals surface area contributed by atoms with Crippen molar-refractivity contribution in [2.75, 3.05) is 35.2 Å². The fraction of sp³-hybridized carbons (Fsp3) is 0.500. The summed E-state index contributed by atoms with van der Waals surface area (Å²) in [7, 11) is 0. The first kappa shape index (κ1) is 22.8. The van der Waals surface area contributed by atoms with Crippen LogP contribution in [0.25, 0.3) is 0 Å². The predicted molar refractivity (Wildman–Crippen MR) is 115 cm³/mol. The molecule has 31 heavy (non-hydrogen) atoms. The Morgan fingerprint density at radius 3 is 2.39 bits per heavy atom. The van der Waals surface area contributed by atoms with Crippen molar-refractivity contribution in [1.29, 1.82) is 0 Å². The van der Waals surface area contributed by atoms with E-state index in [1.165, 1.54) is 6.07 Å². The van der Waals surface area contributed by atoms with Gasteiger partial charge in [0.05, 0.1) is 16.9 Å². The molecule has 6 nitrogen and oxygen atoms in total. The standard InChI is InChI=1S/C22H28F3N5O/c1-15-13-16(2)28-21(27-15)26-10-6-7-20(31)29-18-14-17(22(23,24)25)8-9-19(18)30-11-4-3-5-12-30/h8-9,13-14H,3-7,10-12H2,1-2H3,(H,29,31)(H,26,27,28). The first-order chi connectivity index (χ1) is 14.7. The first-order valence-corrected chi connectivity index (χ1v) is 10.5. The van der Waals surface area contributed by atoms with Gasteiger partial charge in [0, 0.05) is 37.4 Å². The highest BCUT2D eigenvalue weighted by atomic mass is 19.4. The molecule has 0 unspecified atom stereocenters. The molecule has 1 aromatic carbocycles. The van der Waals surface area contributed by atoms with Crippen molar-refractivity contribution < 1.29 is 18.0 Å². The summed E-state index contributed by atoms with van der Waals surface area (Å²) in [6, 6.07) is 5.44. The van der Waals surface area contributed by atoms with Crippen LogP contribution >= 0.6 is 0 Å². The van der Waals surface area contributed by atoms with Gasteiger partial charge in [0.25, 0.3) is 0 Å². The van der Waals surface area contributed by atoms with E-state index in [0.717, 1.165) is 55.9 Å². The maximum atomic E-state index is 13.2. The topological polar surface area (TPSA) is 70.2 Å². The van der Waals surface area contributed by atoms with Crippen LogP contribution in [0.4, 0.5) is 30.5 Å². The van der Waals surface area contributed by atoms with E-state index in [1.807, 2.05) is 24.8 Å². The summed E-state index contributed by atoms with van der Waals surface area (Å²) in [5.74, 6) is 0.184. The van der Waals surface area contributed by atoms with E-state index in [2.05, 4.69) is 20.6 Å². The fourth-order valence-electron chi connectivity index (χ4n) is 3.69. The summed E-state index contributed by atoms with van der Waals surface area (Å²) in [5.41, 5.74) is 1.79. The monoisotopic (exact) mass is 435 g/mol. The highest BCUT2D eigenvalue weighted by molar-refractivity contribution is 5.94. The summed E-state index contributed by atoms with van der Waals surface area (Å²) in [6.07, 6.45) is -0.708. The smallest absolute Gasteiger partial charge is 0.370 e. The number of halogens is 3. The SMILES string of the molecule is Cc1cc(C)nc(NCCCC(=O)Nc2cc(C(F)(F)F)ccc2N2CCCCC2)n1. The van der Waals surface area contributed by atoms with E-state index >= 15 is 0 Å². The van der Waals surface area contributed by atoms with Crippen LogP contribution in [0.2, 0.25) is 0 Å². The van der Waals surface area contributed by atoms with E-state index in [-0.39, 0.29) is 18.0 Å². The molecule has 2 N–H and O–H groups in total. The van der Waals surface area contributed by atoms with Gasteiger partial charge in [0.15, 0.2) is 0 Å². The molecule has 0 saturated carbocycles. The average Bonchev–Trinajstić information content (AvgIpc) is 2.70. The number of nitrogens with zero attached hydrogens (tertiary/aromatic N) is 3. The fourth-order valence-corrected chi connectivity index (χ4v) is 3.69. The van der Waals surface area contributed by atoms with Gasteiger partial charge in [0.2, 0.25) is 11.9 Å². The number of anilines is 3. The number of aryl methyl sites for hydroxylation is 2. The van der Waals surface area contributed by atoms with E-state index in [9.17, 15) is 18.0 Å². The van der Waals surface area contributed by atoms with Crippen LogP contribution in [0.15, 0.2) is 24.3 Å². The summed E-state index contributed by atoms with van der Waals surface area (Å²) in [4.78, 5) is 23.1. The molecule has 0 spiro atoms. The Balaban J connectivity index is 1.61. The molecule has 0 bridgehead atoms. The summed E-state index contributed by atoms with van der Waals surface area (Å²) >= 11 is 0. The van der Waals surface area contributed by atoms with Crippen molar-refractivity contribution in [2.45, 2.75) is 52.1 Å². The van der Waals surface area contributed by atoms with Crippen molar-refractivity contribution in [1.82, 2.24) is 9.97 Å². The molecular weight excluding hydrogens is 407 g/mol. The molecule has 3 rings (SSSR count). The van der Waals surface area contributed by atoms with Gasteiger partial charge in [-0.15, -0.1) is 0 Å². The van der Waals surface area contributed by atoms with Gasteiger partial charge in [0.1, 0.15) is 0 Å². The highest BCUT2D eigenvalue weighted by Crippen LogP contribution is 2.36. The minimum Gasteiger partial charge on any atom is -0.370 e. The van der Waals surface area contributed by atoms with Gasteiger partial charge >= 0.3 is 6.18 Å². The number of alkyl halides is 3. The van der Waals surface area contributed by atoms with Crippen LogP contribution in [0.5, 0.6) is 0 Å². The quantitative estimate of drug-likeness (QED) is 0.604. The van der Waals surface area contributed by atoms with Crippen LogP contribution in [-0.2, 0) is 11.0 Å². The largest absolute Gasteiger partial charge is 0.416 e. The number of nitrogens with one attached hydrogen (secondary N) is 2. The van der Waals surface area contributed by atoms with Gasteiger partial charge in [-0.1, -0.05) is 0 Å². The van der Waals surface area contributed by atoms with Crippen molar-refractivity contribution in [3.63, 3.8) is 0 Å². The summed E-state index contributed by atoms with van der Waals surface area (Å²) < 4.78 is 39.6. The number of amides is 1. The molecule has 1 aliphatic rings. The van der Waals surface area contributed by atoms with Gasteiger partial charge in [-0.3, -0.25) is 4.79 Å². The second-order valence-corrected chi connectivity index (χ2v) is 7.83. The zero-order valence-corrected chi connectivity index (χ0v) is 17.9. The van der Waals surface area contributed by atoms with Crippen molar-refractivity contribution in [3.8, 4) is 0 Å². The molecule has 1 saturated heterocycles. The Bertz CT molecular complexity index is 890. The predicted octanol–water partition coefficient (Wildman–Crippen LogP) is 4.93. The Morgan fingerprint density at radius 1 is 1.06 bits per heavy atom. The number of rotatable bonds is 7. The molecule has 0 radical (unpaired) electrons. The van der Waals surface area contributed by atoms with Crippen LogP contribution in [0.1, 0.15) is 49.1 Å². The number of carbonyl (C=O) groups excluding carboxylic acids is 1. The number of carbonyl (C=O) groups is 1. The molecular formula is C22H28F3N5O. The molecule has 9 heteroatoms. The van der Waals surface area contributed by atoms with E-state index < -0.39 is 11.7 Å². The molecule has 1 aromatic heterocycles. The Morgan fingerprint density at radius 2 is 1.74 bits per heavy atom. The van der Waals surface area contributed by atoms with Crippen LogP contribution in [0.3, 0.4) is 0 Å². The zero-order chi connectivity index (χ0) is 22.4. The third-order valence-corrected chi connectivity index (χ3v) is 5.14. The van der Waals surface area contributed by atoms with E-state index in [4.69, 9.17) is 0 Å². The second-order valence-electron chi connectivity index (χ2n) is 7.83. The molecule has 0 atom stereocenters. The van der Waals surface area contributed by atoms with E-state index in [0.29, 0.717) is 24.6 Å². The highest BCUT2D eigenvalue weighted by Gasteiger charge is 2.31. The third kappa shape index (κ3) is 6.57. The number of hydrogen-bond donors (Lipinski definition) is 2. The maximum absolute atomic E-state index is 13.2. The molecule has 2 heterocycles. The summed E-state index contributed by atoms with van der Waals surface area (Å²) in [6.45, 7) is 5.78. The summed E-state index contributed by atoms with van der Waals surface area (Å²) in [5, 5.41) is 5.78. The van der Waals surface area contributed by atoms with Crippen molar-refractivity contribution >= 4 is 23.2 Å². The lowest BCUT2D eigenvalue weighted by atomic mass is 10.1. The first-order valence-electron chi connectivity index (χ1n) is 10.5. The van der Waals surface area contributed by atoms with Crippen molar-refractivity contribution in [2.24, 2.45) is 0 Å². The lowest BCUT2D eigenvalue weighted by Crippen LogP contribution is -2.30. The second kappa shape index (κ2) is 9.98. The average molecular weight is 435 g/mol.